The molecule has 0 spiro atoms. The zero-order chi connectivity index (χ0) is 21.4. The summed E-state index contributed by atoms with van der Waals surface area (Å²) < 4.78 is 1.92. The minimum atomic E-state index is -0.701. The fraction of sp³-hybridized carbons (Fsp3) is 0.417. The van der Waals surface area contributed by atoms with Gasteiger partial charge in [-0.2, -0.15) is 0 Å². The molecule has 0 fully saturated rings. The lowest BCUT2D eigenvalue weighted by atomic mass is 9.67. The minimum absolute atomic E-state index is 0.0243. The van der Waals surface area contributed by atoms with E-state index in [1.807, 2.05) is 29.5 Å². The highest BCUT2D eigenvalue weighted by atomic mass is 16.2. The molecule has 3 aliphatic rings. The maximum atomic E-state index is 13.7. The van der Waals surface area contributed by atoms with Gasteiger partial charge < -0.3 is 9.30 Å². The van der Waals surface area contributed by atoms with Crippen molar-refractivity contribution in [1.29, 1.82) is 0 Å². The predicted octanol–water partition coefficient (Wildman–Crippen LogP) is 3.15. The van der Waals surface area contributed by atoms with Crippen LogP contribution in [0.5, 0.6) is 0 Å². The zero-order valence-electron chi connectivity index (χ0n) is 17.8. The summed E-state index contributed by atoms with van der Waals surface area (Å²) in [5.74, 6) is -0.937. The van der Waals surface area contributed by atoms with E-state index >= 15 is 0 Å². The van der Waals surface area contributed by atoms with Crippen LogP contribution in [0.15, 0.2) is 30.2 Å². The molecule has 0 aliphatic heterocycles. The second-order valence-corrected chi connectivity index (χ2v) is 9.48. The first-order chi connectivity index (χ1) is 14.2. The zero-order valence-corrected chi connectivity index (χ0v) is 17.8. The molecule has 0 radical (unpaired) electrons. The van der Waals surface area contributed by atoms with E-state index in [0.717, 1.165) is 22.4 Å². The molecule has 6 heteroatoms. The molecule has 0 saturated heterocycles. The SMILES string of the molecule is CN(C)CCC1C(=O)c2cncn3c4c(c(c23)C1=O)C1=C(C(=O)C=CC1)C(C)(C)C4. The standard InChI is InChI=1S/C24H25N3O3/c1-24(2)10-16-18(13-6-5-7-17(28)20(13)24)19-21-15(11-25-12-27(16)21)22(29)14(23(19)30)8-9-26(3)4/h5,7,11-12,14H,6,8-10H2,1-4H3. The molecule has 30 heavy (non-hydrogen) atoms. The number of nitrogens with zero attached hydrogens (tertiary/aromatic N) is 3. The van der Waals surface area contributed by atoms with E-state index in [2.05, 4.69) is 18.8 Å². The van der Waals surface area contributed by atoms with E-state index in [1.165, 1.54) is 0 Å². The lowest BCUT2D eigenvalue weighted by molar-refractivity contribution is -0.112. The third kappa shape index (κ3) is 2.46. The third-order valence-electron chi connectivity index (χ3n) is 6.69. The highest BCUT2D eigenvalue weighted by Crippen LogP contribution is 2.50. The molecule has 6 nitrogen and oxygen atoms in total. The van der Waals surface area contributed by atoms with Crippen molar-refractivity contribution in [3.8, 4) is 0 Å². The molecule has 0 N–H and O–H groups in total. The van der Waals surface area contributed by atoms with Crippen molar-refractivity contribution in [1.82, 2.24) is 14.3 Å². The maximum absolute atomic E-state index is 13.7. The van der Waals surface area contributed by atoms with Gasteiger partial charge in [-0.05, 0) is 57.0 Å². The quantitative estimate of drug-likeness (QED) is 0.737. The van der Waals surface area contributed by atoms with Gasteiger partial charge in [0.1, 0.15) is 0 Å². The first kappa shape index (κ1) is 19.1. The van der Waals surface area contributed by atoms with Crippen molar-refractivity contribution >= 4 is 28.4 Å². The van der Waals surface area contributed by atoms with E-state index in [0.29, 0.717) is 42.5 Å². The topological polar surface area (TPSA) is 71.8 Å². The Morgan fingerprint density at radius 2 is 1.93 bits per heavy atom. The van der Waals surface area contributed by atoms with Crippen LogP contribution < -0.4 is 0 Å². The van der Waals surface area contributed by atoms with E-state index in [9.17, 15) is 14.4 Å². The molecule has 0 amide bonds. The van der Waals surface area contributed by atoms with E-state index in [-0.39, 0.29) is 22.8 Å². The second kappa shape index (κ2) is 6.32. The summed E-state index contributed by atoms with van der Waals surface area (Å²) in [6, 6.07) is 0. The lowest BCUT2D eigenvalue weighted by Crippen LogP contribution is -2.33. The molecule has 2 aromatic heterocycles. The van der Waals surface area contributed by atoms with Crippen LogP contribution >= 0.6 is 0 Å². The fourth-order valence-corrected chi connectivity index (χ4v) is 5.41. The number of allylic oxidation sites excluding steroid dienone is 4. The van der Waals surface area contributed by atoms with E-state index < -0.39 is 5.92 Å². The van der Waals surface area contributed by atoms with E-state index in [4.69, 9.17) is 0 Å². The Kier molecular flexibility index (Phi) is 4.03. The van der Waals surface area contributed by atoms with Gasteiger partial charge in [-0.15, -0.1) is 0 Å². The Balaban J connectivity index is 1.81. The number of carbonyl (C=O) groups is 3. The van der Waals surface area contributed by atoms with Crippen molar-refractivity contribution in [2.24, 2.45) is 11.3 Å². The van der Waals surface area contributed by atoms with Crippen LogP contribution in [-0.2, 0) is 11.2 Å². The number of hydrogen-bond donors (Lipinski definition) is 0. The molecule has 0 aromatic carbocycles. The summed E-state index contributed by atoms with van der Waals surface area (Å²) in [5, 5.41) is 0. The van der Waals surface area contributed by atoms with Gasteiger partial charge in [0, 0.05) is 23.0 Å². The first-order valence-corrected chi connectivity index (χ1v) is 10.4. The fourth-order valence-electron chi connectivity index (χ4n) is 5.41. The van der Waals surface area contributed by atoms with Crippen LogP contribution in [-0.4, -0.2) is 52.3 Å². The Morgan fingerprint density at radius 1 is 1.17 bits per heavy atom. The highest BCUT2D eigenvalue weighted by Gasteiger charge is 2.45. The second-order valence-electron chi connectivity index (χ2n) is 9.48. The van der Waals surface area contributed by atoms with Gasteiger partial charge in [-0.1, -0.05) is 19.9 Å². The van der Waals surface area contributed by atoms with Crippen molar-refractivity contribution < 1.29 is 14.4 Å². The normalized spacial score (nSPS) is 22.2. The minimum Gasteiger partial charge on any atom is -0.309 e. The van der Waals surface area contributed by atoms with Crippen LogP contribution in [0.25, 0.3) is 11.1 Å². The Bertz CT molecular complexity index is 1210. The van der Waals surface area contributed by atoms with Gasteiger partial charge in [0.2, 0.25) is 0 Å². The van der Waals surface area contributed by atoms with Crippen LogP contribution in [0.2, 0.25) is 0 Å². The molecule has 3 aliphatic carbocycles. The number of rotatable bonds is 3. The maximum Gasteiger partial charge on any atom is 0.182 e. The van der Waals surface area contributed by atoms with Gasteiger partial charge in [-0.3, -0.25) is 14.4 Å². The number of Topliss-reactive ketones (excluding diaryl/α,β-unsaturated/α-hetero) is 2. The van der Waals surface area contributed by atoms with Gasteiger partial charge >= 0.3 is 0 Å². The third-order valence-corrected chi connectivity index (χ3v) is 6.69. The molecule has 154 valence electrons. The monoisotopic (exact) mass is 403 g/mol. The Morgan fingerprint density at radius 3 is 2.67 bits per heavy atom. The number of ketones is 3. The molecule has 0 bridgehead atoms. The van der Waals surface area contributed by atoms with Crippen LogP contribution in [0.3, 0.4) is 0 Å². The van der Waals surface area contributed by atoms with Gasteiger partial charge in [0.05, 0.1) is 28.9 Å². The lowest BCUT2D eigenvalue weighted by Gasteiger charge is -2.35. The summed E-state index contributed by atoms with van der Waals surface area (Å²) in [6.45, 7) is 4.80. The molecule has 1 unspecified atom stereocenters. The number of hydrogen-bond acceptors (Lipinski definition) is 5. The number of carbonyl (C=O) groups excluding carboxylic acids is 3. The number of fused-ring (bicyclic) bond motifs is 4. The summed E-state index contributed by atoms with van der Waals surface area (Å²) >= 11 is 0. The van der Waals surface area contributed by atoms with E-state index in [1.54, 1.807) is 18.6 Å². The van der Waals surface area contributed by atoms with Crippen molar-refractivity contribution in [3.63, 3.8) is 0 Å². The van der Waals surface area contributed by atoms with Gasteiger partial charge in [-0.25, -0.2) is 4.98 Å². The molecular weight excluding hydrogens is 378 g/mol. The average Bonchev–Trinajstić information content (AvgIpc) is 3.00. The predicted molar refractivity (Wildman–Crippen MR) is 114 cm³/mol. The number of aromatic nitrogens is 2. The summed E-state index contributed by atoms with van der Waals surface area (Å²) in [5.41, 5.74) is 5.02. The molecule has 1 atom stereocenters. The summed E-state index contributed by atoms with van der Waals surface area (Å²) in [6.07, 6.45) is 8.53. The smallest absolute Gasteiger partial charge is 0.182 e. The summed E-state index contributed by atoms with van der Waals surface area (Å²) in [4.78, 5) is 46.0. The average molecular weight is 403 g/mol. The van der Waals surface area contributed by atoms with Crippen LogP contribution in [0.4, 0.5) is 0 Å². The largest absolute Gasteiger partial charge is 0.309 e. The van der Waals surface area contributed by atoms with Crippen LogP contribution in [0, 0.1) is 11.3 Å². The molecule has 0 saturated carbocycles. The first-order valence-electron chi connectivity index (χ1n) is 10.4. The molecular formula is C24H25N3O3. The highest BCUT2D eigenvalue weighted by molar-refractivity contribution is 6.28. The Labute approximate surface area is 175 Å². The van der Waals surface area contributed by atoms with Gasteiger partial charge in [0.15, 0.2) is 17.3 Å². The van der Waals surface area contributed by atoms with Crippen molar-refractivity contribution in [3.05, 3.63) is 52.6 Å². The van der Waals surface area contributed by atoms with Gasteiger partial charge in [0.25, 0.3) is 0 Å². The summed E-state index contributed by atoms with van der Waals surface area (Å²) in [7, 11) is 3.87. The Hall–Kier alpha value is -2.86. The van der Waals surface area contributed by atoms with Crippen molar-refractivity contribution in [2.45, 2.75) is 33.1 Å². The molecule has 5 rings (SSSR count). The molecule has 2 heterocycles. The van der Waals surface area contributed by atoms with Crippen LogP contribution in [0.1, 0.15) is 58.7 Å². The van der Waals surface area contributed by atoms with Crippen molar-refractivity contribution in [2.75, 3.05) is 20.6 Å². The molecule has 2 aromatic rings.